The molecule has 0 radical (unpaired) electrons. The van der Waals surface area contributed by atoms with E-state index in [1.807, 2.05) is 0 Å². The number of non-ortho nitro benzene ring substituents is 1. The van der Waals surface area contributed by atoms with E-state index in [1.165, 1.54) is 37.6 Å². The summed E-state index contributed by atoms with van der Waals surface area (Å²) in [5, 5.41) is 14.5. The van der Waals surface area contributed by atoms with Crippen molar-refractivity contribution in [2.75, 3.05) is 20.8 Å². The first-order valence-electron chi connectivity index (χ1n) is 7.44. The first-order chi connectivity index (χ1) is 12.5. The van der Waals surface area contributed by atoms with Gasteiger partial charge in [-0.25, -0.2) is 5.43 Å². The van der Waals surface area contributed by atoms with Crippen LogP contribution in [0.3, 0.4) is 0 Å². The smallest absolute Gasteiger partial charge is 0.277 e. The van der Waals surface area contributed by atoms with E-state index in [1.54, 1.807) is 25.3 Å². The Morgan fingerprint density at radius 2 is 2.00 bits per heavy atom. The van der Waals surface area contributed by atoms with Gasteiger partial charge in [0.15, 0.2) is 6.61 Å². The number of methoxy groups -OCH3 is 2. The lowest BCUT2D eigenvalue weighted by atomic mass is 10.2. The maximum absolute atomic E-state index is 11.7. The van der Waals surface area contributed by atoms with Crippen molar-refractivity contribution in [3.8, 4) is 17.2 Å². The summed E-state index contributed by atoms with van der Waals surface area (Å²) in [4.78, 5) is 21.9. The van der Waals surface area contributed by atoms with Crippen LogP contribution in [0.4, 0.5) is 5.69 Å². The molecule has 0 aliphatic heterocycles. The molecule has 0 spiro atoms. The molecule has 2 rings (SSSR count). The SMILES string of the molecule is COc1ccc(/C=N\NC(=O)COc2cccc([N+](=O)[O-])c2)c(OC)c1. The summed E-state index contributed by atoms with van der Waals surface area (Å²) < 4.78 is 15.5. The molecule has 1 N–H and O–H groups in total. The van der Waals surface area contributed by atoms with Crippen LogP contribution in [-0.4, -0.2) is 37.9 Å². The molecule has 0 aromatic heterocycles. The summed E-state index contributed by atoms with van der Waals surface area (Å²) in [5.41, 5.74) is 2.83. The van der Waals surface area contributed by atoms with Crippen LogP contribution in [0.2, 0.25) is 0 Å². The molecular weight excluding hydrogens is 342 g/mol. The van der Waals surface area contributed by atoms with Crippen LogP contribution >= 0.6 is 0 Å². The highest BCUT2D eigenvalue weighted by Crippen LogP contribution is 2.23. The van der Waals surface area contributed by atoms with Crippen molar-refractivity contribution in [3.05, 3.63) is 58.1 Å². The van der Waals surface area contributed by atoms with Gasteiger partial charge in [0.1, 0.15) is 17.2 Å². The van der Waals surface area contributed by atoms with Gasteiger partial charge in [0.25, 0.3) is 11.6 Å². The van der Waals surface area contributed by atoms with Gasteiger partial charge in [-0.2, -0.15) is 5.10 Å². The zero-order valence-electron chi connectivity index (χ0n) is 14.2. The van der Waals surface area contributed by atoms with Gasteiger partial charge in [0.2, 0.25) is 0 Å². The van der Waals surface area contributed by atoms with Crippen molar-refractivity contribution < 1.29 is 23.9 Å². The second kappa shape index (κ2) is 9.02. The molecule has 1 amide bonds. The summed E-state index contributed by atoms with van der Waals surface area (Å²) >= 11 is 0. The lowest BCUT2D eigenvalue weighted by Crippen LogP contribution is -2.24. The average Bonchev–Trinajstić information content (AvgIpc) is 2.66. The number of benzene rings is 2. The van der Waals surface area contributed by atoms with Gasteiger partial charge >= 0.3 is 0 Å². The van der Waals surface area contributed by atoms with E-state index in [0.717, 1.165) is 0 Å². The summed E-state index contributed by atoms with van der Waals surface area (Å²) in [7, 11) is 3.06. The zero-order chi connectivity index (χ0) is 18.9. The normalized spacial score (nSPS) is 10.4. The minimum atomic E-state index is -0.542. The molecule has 2 aromatic rings. The maximum atomic E-state index is 11.7. The van der Waals surface area contributed by atoms with Crippen molar-refractivity contribution in [3.63, 3.8) is 0 Å². The predicted octanol–water partition coefficient (Wildman–Crippen LogP) is 2.14. The molecule has 9 heteroatoms. The van der Waals surface area contributed by atoms with E-state index in [0.29, 0.717) is 17.1 Å². The minimum absolute atomic E-state index is 0.118. The maximum Gasteiger partial charge on any atom is 0.277 e. The quantitative estimate of drug-likeness (QED) is 0.439. The fourth-order valence-electron chi connectivity index (χ4n) is 1.97. The number of nitrogens with one attached hydrogen (secondary N) is 1. The van der Waals surface area contributed by atoms with E-state index in [4.69, 9.17) is 14.2 Å². The standard InChI is InChI=1S/C17H17N3O6/c1-24-14-7-6-12(16(9-14)25-2)10-18-19-17(21)11-26-15-5-3-4-13(8-15)20(22)23/h3-10H,11H2,1-2H3,(H,19,21)/b18-10-. The highest BCUT2D eigenvalue weighted by molar-refractivity contribution is 5.85. The first-order valence-corrected chi connectivity index (χ1v) is 7.44. The minimum Gasteiger partial charge on any atom is -0.497 e. The van der Waals surface area contributed by atoms with Crippen molar-refractivity contribution in [1.29, 1.82) is 0 Å². The molecule has 0 unspecified atom stereocenters. The second-order valence-electron chi connectivity index (χ2n) is 4.94. The van der Waals surface area contributed by atoms with Crippen molar-refractivity contribution in [2.45, 2.75) is 0 Å². The van der Waals surface area contributed by atoms with Crippen molar-refractivity contribution in [2.24, 2.45) is 5.10 Å². The van der Waals surface area contributed by atoms with Crippen LogP contribution in [0.25, 0.3) is 0 Å². The van der Waals surface area contributed by atoms with E-state index in [-0.39, 0.29) is 18.0 Å². The summed E-state index contributed by atoms with van der Waals surface area (Å²) in [6.45, 7) is -0.335. The molecule has 0 heterocycles. The van der Waals surface area contributed by atoms with Gasteiger partial charge in [-0.3, -0.25) is 14.9 Å². The molecule has 0 saturated carbocycles. The van der Waals surface area contributed by atoms with Gasteiger partial charge in [-0.1, -0.05) is 6.07 Å². The Bertz CT molecular complexity index is 822. The van der Waals surface area contributed by atoms with Crippen LogP contribution < -0.4 is 19.6 Å². The fraction of sp³-hybridized carbons (Fsp3) is 0.176. The molecule has 0 aliphatic rings. The lowest BCUT2D eigenvalue weighted by Gasteiger charge is -2.07. The number of hydrogen-bond acceptors (Lipinski definition) is 7. The molecule has 9 nitrogen and oxygen atoms in total. The number of nitro groups is 1. The summed E-state index contributed by atoms with van der Waals surface area (Å²) in [6, 6.07) is 10.7. The molecule has 0 saturated heterocycles. The monoisotopic (exact) mass is 359 g/mol. The van der Waals surface area contributed by atoms with E-state index >= 15 is 0 Å². The molecule has 0 atom stereocenters. The highest BCUT2D eigenvalue weighted by Gasteiger charge is 2.08. The second-order valence-corrected chi connectivity index (χ2v) is 4.94. The van der Waals surface area contributed by atoms with Crippen LogP contribution in [0, 0.1) is 10.1 Å². The molecular formula is C17H17N3O6. The largest absolute Gasteiger partial charge is 0.497 e. The van der Waals surface area contributed by atoms with E-state index in [9.17, 15) is 14.9 Å². The van der Waals surface area contributed by atoms with Crippen molar-refractivity contribution >= 4 is 17.8 Å². The van der Waals surface area contributed by atoms with Crippen LogP contribution in [0.5, 0.6) is 17.2 Å². The van der Waals surface area contributed by atoms with Crippen LogP contribution in [-0.2, 0) is 4.79 Å². The summed E-state index contributed by atoms with van der Waals surface area (Å²) in [6.07, 6.45) is 1.42. The lowest BCUT2D eigenvalue weighted by molar-refractivity contribution is -0.384. The van der Waals surface area contributed by atoms with E-state index in [2.05, 4.69) is 10.5 Å². The van der Waals surface area contributed by atoms with Gasteiger partial charge in [-0.15, -0.1) is 0 Å². The first kappa shape index (κ1) is 18.7. The average molecular weight is 359 g/mol. The number of hydrazone groups is 1. The third kappa shape index (κ3) is 5.20. The molecule has 136 valence electrons. The van der Waals surface area contributed by atoms with E-state index < -0.39 is 10.8 Å². The number of ether oxygens (including phenoxy) is 3. The fourth-order valence-corrected chi connectivity index (χ4v) is 1.97. The predicted molar refractivity (Wildman–Crippen MR) is 93.9 cm³/mol. The zero-order valence-corrected chi connectivity index (χ0v) is 14.2. The highest BCUT2D eigenvalue weighted by atomic mass is 16.6. The Balaban J connectivity index is 1.90. The van der Waals surface area contributed by atoms with Gasteiger partial charge in [-0.05, 0) is 18.2 Å². The number of carbonyl (C=O) groups is 1. The third-order valence-corrected chi connectivity index (χ3v) is 3.23. The van der Waals surface area contributed by atoms with Crippen molar-refractivity contribution in [1.82, 2.24) is 5.43 Å². The Morgan fingerprint density at radius 1 is 1.19 bits per heavy atom. The molecule has 2 aromatic carbocycles. The third-order valence-electron chi connectivity index (χ3n) is 3.23. The number of hydrogen-bond donors (Lipinski definition) is 1. The topological polar surface area (TPSA) is 112 Å². The number of rotatable bonds is 8. The van der Waals surface area contributed by atoms with Gasteiger partial charge < -0.3 is 14.2 Å². The van der Waals surface area contributed by atoms with Gasteiger partial charge in [0, 0.05) is 17.7 Å². The number of amides is 1. The number of carbonyl (C=O) groups excluding carboxylic acids is 1. The van der Waals surface area contributed by atoms with Crippen LogP contribution in [0.15, 0.2) is 47.6 Å². The van der Waals surface area contributed by atoms with Crippen LogP contribution in [0.1, 0.15) is 5.56 Å². The molecule has 0 bridgehead atoms. The Labute approximate surface area is 149 Å². The molecule has 0 aliphatic carbocycles. The Hall–Kier alpha value is -3.62. The molecule has 0 fully saturated rings. The number of nitro benzene ring substituents is 1. The Kier molecular flexibility index (Phi) is 6.49. The summed E-state index contributed by atoms with van der Waals surface area (Å²) in [5.74, 6) is 0.874. The van der Waals surface area contributed by atoms with Gasteiger partial charge in [0.05, 0.1) is 31.4 Å². The molecule has 26 heavy (non-hydrogen) atoms. The number of nitrogens with zero attached hydrogens (tertiary/aromatic N) is 2. The Morgan fingerprint density at radius 3 is 2.69 bits per heavy atom.